The minimum absolute atomic E-state index is 0. The van der Waals surface area contributed by atoms with Gasteiger partial charge in [-0.15, -0.1) is 0 Å². The van der Waals surface area contributed by atoms with E-state index in [0.29, 0.717) is 5.75 Å². The van der Waals surface area contributed by atoms with E-state index >= 15 is 0 Å². The second-order valence-corrected chi connectivity index (χ2v) is 2.85. The van der Waals surface area contributed by atoms with Crippen LogP contribution in [0.3, 0.4) is 0 Å². The van der Waals surface area contributed by atoms with Crippen LogP contribution in [0.2, 0.25) is 0 Å². The van der Waals surface area contributed by atoms with Crippen LogP contribution in [0.5, 0.6) is 5.75 Å². The zero-order valence-electron chi connectivity index (χ0n) is 6.38. The van der Waals surface area contributed by atoms with Gasteiger partial charge >= 0.3 is 8.60 Å². The molecular formula is C7H9NiO3P. The summed E-state index contributed by atoms with van der Waals surface area (Å²) >= 11 is 0. The molecule has 2 N–H and O–H groups in total. The van der Waals surface area contributed by atoms with E-state index in [4.69, 9.17) is 9.79 Å². The maximum Gasteiger partial charge on any atom is 0.391 e. The molecule has 0 bridgehead atoms. The third kappa shape index (κ3) is 4.03. The van der Waals surface area contributed by atoms with E-state index in [-0.39, 0.29) is 16.5 Å². The molecule has 3 nitrogen and oxygen atoms in total. The Morgan fingerprint density at radius 2 is 1.67 bits per heavy atom. The number of hydrogen-bond acceptors (Lipinski definition) is 3. The summed E-state index contributed by atoms with van der Waals surface area (Å²) in [5.74, 6) is 0.478. The maximum atomic E-state index is 8.47. The van der Waals surface area contributed by atoms with Gasteiger partial charge in [0, 0.05) is 16.5 Å². The van der Waals surface area contributed by atoms with Crippen LogP contribution in [-0.2, 0) is 16.5 Å². The van der Waals surface area contributed by atoms with Gasteiger partial charge in [-0.1, -0.05) is 17.7 Å². The summed E-state index contributed by atoms with van der Waals surface area (Å²) < 4.78 is 4.65. The van der Waals surface area contributed by atoms with Crippen LogP contribution in [0.25, 0.3) is 0 Å². The molecule has 0 heterocycles. The van der Waals surface area contributed by atoms with E-state index in [9.17, 15) is 0 Å². The van der Waals surface area contributed by atoms with Crippen LogP contribution < -0.4 is 4.52 Å². The molecule has 0 aliphatic heterocycles. The number of benzene rings is 1. The van der Waals surface area contributed by atoms with Gasteiger partial charge in [0.05, 0.1) is 0 Å². The van der Waals surface area contributed by atoms with Crippen LogP contribution in [0.15, 0.2) is 24.3 Å². The van der Waals surface area contributed by atoms with Crippen molar-refractivity contribution in [2.24, 2.45) is 0 Å². The molecule has 0 saturated carbocycles. The maximum absolute atomic E-state index is 8.47. The molecule has 0 amide bonds. The first-order valence-corrected chi connectivity index (χ1v) is 4.27. The summed E-state index contributed by atoms with van der Waals surface area (Å²) in [7, 11) is -2.29. The fourth-order valence-corrected chi connectivity index (χ4v) is 1.00. The molecular weight excluding hydrogens is 222 g/mol. The normalized spacial score (nSPS) is 9.33. The quantitative estimate of drug-likeness (QED) is 0.599. The van der Waals surface area contributed by atoms with Crippen LogP contribution in [-0.4, -0.2) is 9.79 Å². The number of aryl methyl sites for hydroxylation is 1. The van der Waals surface area contributed by atoms with Gasteiger partial charge < -0.3 is 14.3 Å². The van der Waals surface area contributed by atoms with E-state index < -0.39 is 8.60 Å². The van der Waals surface area contributed by atoms with Gasteiger partial charge in [0.1, 0.15) is 5.75 Å². The molecule has 0 aliphatic carbocycles. The Morgan fingerprint density at radius 3 is 2.08 bits per heavy atom. The second kappa shape index (κ2) is 5.50. The van der Waals surface area contributed by atoms with Crippen molar-refractivity contribution in [2.45, 2.75) is 6.92 Å². The molecule has 5 heteroatoms. The van der Waals surface area contributed by atoms with Crippen molar-refractivity contribution in [3.05, 3.63) is 29.8 Å². The molecule has 70 valence electrons. The molecule has 0 radical (unpaired) electrons. The van der Waals surface area contributed by atoms with E-state index in [1.54, 1.807) is 12.1 Å². The van der Waals surface area contributed by atoms with Crippen molar-refractivity contribution in [1.29, 1.82) is 0 Å². The van der Waals surface area contributed by atoms with E-state index in [1.807, 2.05) is 19.1 Å². The molecule has 0 atom stereocenters. The molecule has 0 aromatic heterocycles. The standard InChI is InChI=1S/C7H9O3P.Ni/c1-6-2-4-7(5-3-6)10-11(8)9;/h2-5,8-9H,1H3;. The molecule has 0 fully saturated rings. The number of hydrogen-bond donors (Lipinski definition) is 2. The Morgan fingerprint density at radius 1 is 1.17 bits per heavy atom. The zero-order chi connectivity index (χ0) is 8.27. The van der Waals surface area contributed by atoms with Crippen molar-refractivity contribution >= 4 is 8.60 Å². The molecule has 1 aromatic carbocycles. The van der Waals surface area contributed by atoms with Crippen molar-refractivity contribution < 1.29 is 30.8 Å². The summed E-state index contributed by atoms with van der Waals surface area (Å²) in [5.41, 5.74) is 1.11. The minimum Gasteiger partial charge on any atom is -0.427 e. The summed E-state index contributed by atoms with van der Waals surface area (Å²) in [6.07, 6.45) is 0. The summed E-state index contributed by atoms with van der Waals surface area (Å²) in [6.45, 7) is 1.95. The van der Waals surface area contributed by atoms with E-state index in [1.165, 1.54) is 0 Å². The smallest absolute Gasteiger partial charge is 0.391 e. The predicted molar refractivity (Wildman–Crippen MR) is 43.2 cm³/mol. The van der Waals surface area contributed by atoms with Gasteiger partial charge in [-0.05, 0) is 19.1 Å². The summed E-state index contributed by atoms with van der Waals surface area (Å²) in [5, 5.41) is 0. The van der Waals surface area contributed by atoms with E-state index in [0.717, 1.165) is 5.56 Å². The Labute approximate surface area is 82.3 Å². The van der Waals surface area contributed by atoms with Gasteiger partial charge in [0.25, 0.3) is 0 Å². The minimum atomic E-state index is -2.29. The first-order valence-electron chi connectivity index (χ1n) is 3.11. The molecule has 0 saturated heterocycles. The molecule has 1 aromatic rings. The van der Waals surface area contributed by atoms with Gasteiger partial charge in [0.15, 0.2) is 0 Å². The Kier molecular flexibility index (Phi) is 5.44. The van der Waals surface area contributed by atoms with Gasteiger partial charge in [0.2, 0.25) is 0 Å². The molecule has 0 unspecified atom stereocenters. The van der Waals surface area contributed by atoms with Crippen molar-refractivity contribution in [1.82, 2.24) is 0 Å². The SMILES string of the molecule is Cc1ccc(OP(O)O)cc1.[Ni]. The van der Waals surface area contributed by atoms with Crippen LogP contribution in [0, 0.1) is 6.92 Å². The van der Waals surface area contributed by atoms with Crippen molar-refractivity contribution in [2.75, 3.05) is 0 Å². The van der Waals surface area contributed by atoms with Crippen molar-refractivity contribution in [3.8, 4) is 5.75 Å². The molecule has 0 spiro atoms. The van der Waals surface area contributed by atoms with Crippen LogP contribution in [0.1, 0.15) is 5.56 Å². The summed E-state index contributed by atoms with van der Waals surface area (Å²) in [4.78, 5) is 16.9. The average Bonchev–Trinajstić information content (AvgIpc) is 1.93. The third-order valence-corrected chi connectivity index (χ3v) is 1.58. The van der Waals surface area contributed by atoms with Gasteiger partial charge in [-0.25, -0.2) is 0 Å². The van der Waals surface area contributed by atoms with Crippen LogP contribution >= 0.6 is 8.60 Å². The first-order chi connectivity index (χ1) is 5.18. The Bertz CT molecular complexity index is 225. The Balaban J connectivity index is 0.00000121. The topological polar surface area (TPSA) is 49.7 Å². The zero-order valence-corrected chi connectivity index (χ0v) is 8.26. The molecule has 1 rings (SSSR count). The fraction of sp³-hybridized carbons (Fsp3) is 0.143. The number of rotatable bonds is 2. The monoisotopic (exact) mass is 230 g/mol. The third-order valence-electron chi connectivity index (χ3n) is 1.21. The largest absolute Gasteiger partial charge is 0.427 e. The Hall–Kier alpha value is -0.136. The van der Waals surface area contributed by atoms with Gasteiger partial charge in [-0.3, -0.25) is 0 Å². The first kappa shape index (κ1) is 11.9. The molecule has 0 aliphatic rings. The van der Waals surface area contributed by atoms with Crippen molar-refractivity contribution in [3.63, 3.8) is 0 Å². The van der Waals surface area contributed by atoms with E-state index in [2.05, 4.69) is 4.52 Å². The molecule has 12 heavy (non-hydrogen) atoms. The fourth-order valence-electron chi connectivity index (χ4n) is 0.693. The predicted octanol–water partition coefficient (Wildman–Crippen LogP) is 1.58. The summed E-state index contributed by atoms with van der Waals surface area (Å²) in [6, 6.07) is 7.07. The average molecular weight is 231 g/mol. The van der Waals surface area contributed by atoms with Gasteiger partial charge in [-0.2, -0.15) is 0 Å². The van der Waals surface area contributed by atoms with Crippen LogP contribution in [0.4, 0.5) is 0 Å². The second-order valence-electron chi connectivity index (χ2n) is 2.16.